The van der Waals surface area contributed by atoms with Crippen LogP contribution in [0.4, 0.5) is 5.69 Å². The topological polar surface area (TPSA) is 55.6 Å². The van der Waals surface area contributed by atoms with Crippen LogP contribution in [0.1, 0.15) is 31.4 Å². The Labute approximate surface area is 152 Å². The molecule has 1 saturated heterocycles. The molecule has 25 heavy (non-hydrogen) atoms. The zero-order valence-electron chi connectivity index (χ0n) is 14.1. The minimum atomic E-state index is -0.459. The molecule has 0 aliphatic carbocycles. The Morgan fingerprint density at radius 1 is 1.20 bits per heavy atom. The Kier molecular flexibility index (Phi) is 5.56. The van der Waals surface area contributed by atoms with Gasteiger partial charge in [0.1, 0.15) is 11.9 Å². The second-order valence-corrected chi connectivity index (χ2v) is 6.72. The van der Waals surface area contributed by atoms with Crippen LogP contribution >= 0.6 is 11.6 Å². The van der Waals surface area contributed by atoms with Gasteiger partial charge in [-0.3, -0.25) is 15.0 Å². The van der Waals surface area contributed by atoms with Crippen LogP contribution < -0.4 is 4.74 Å². The molecule has 0 N–H and O–H groups in total. The summed E-state index contributed by atoms with van der Waals surface area (Å²) in [7, 11) is 0. The number of ether oxygens (including phenoxy) is 1. The highest BCUT2D eigenvalue weighted by molar-refractivity contribution is 6.32. The van der Waals surface area contributed by atoms with E-state index < -0.39 is 4.92 Å². The number of hydrogen-bond donors (Lipinski definition) is 0. The normalized spacial score (nSPS) is 17.2. The summed E-state index contributed by atoms with van der Waals surface area (Å²) < 4.78 is 5.97. The van der Waals surface area contributed by atoms with Crippen LogP contribution in [-0.4, -0.2) is 29.0 Å². The number of nitro groups is 1. The number of halogens is 1. The predicted molar refractivity (Wildman–Crippen MR) is 98.2 cm³/mol. The van der Waals surface area contributed by atoms with Gasteiger partial charge in [-0.05, 0) is 31.4 Å². The van der Waals surface area contributed by atoms with E-state index in [0.717, 1.165) is 25.9 Å². The number of hydrogen-bond acceptors (Lipinski definition) is 4. The molecule has 1 heterocycles. The molecule has 0 saturated carbocycles. The zero-order valence-corrected chi connectivity index (χ0v) is 14.9. The predicted octanol–water partition coefficient (Wildman–Crippen LogP) is 4.85. The number of likely N-dealkylation sites (tertiary alicyclic amines) is 1. The van der Waals surface area contributed by atoms with Crippen molar-refractivity contribution in [3.8, 4) is 5.75 Å². The molecular weight excluding hydrogens is 340 g/mol. The number of non-ortho nitro benzene ring substituents is 1. The molecule has 1 atom stereocenters. The summed E-state index contributed by atoms with van der Waals surface area (Å²) >= 11 is 6.11. The monoisotopic (exact) mass is 360 g/mol. The SMILES string of the molecule is CC(c1ccccc1)N1CCC(Oc2ccc([N+](=O)[O-])cc2Cl)CC1. The van der Waals surface area contributed by atoms with Gasteiger partial charge in [0, 0.05) is 31.3 Å². The van der Waals surface area contributed by atoms with Gasteiger partial charge in [0.15, 0.2) is 0 Å². The Morgan fingerprint density at radius 2 is 1.88 bits per heavy atom. The first-order valence-electron chi connectivity index (χ1n) is 8.44. The fourth-order valence-corrected chi connectivity index (χ4v) is 3.42. The molecule has 132 valence electrons. The highest BCUT2D eigenvalue weighted by Crippen LogP contribution is 2.32. The first kappa shape index (κ1) is 17.7. The van der Waals surface area contributed by atoms with Crippen LogP contribution in [0.15, 0.2) is 48.5 Å². The van der Waals surface area contributed by atoms with Gasteiger partial charge in [0.25, 0.3) is 5.69 Å². The van der Waals surface area contributed by atoms with Crippen LogP contribution in [0.25, 0.3) is 0 Å². The van der Waals surface area contributed by atoms with Crippen molar-refractivity contribution in [1.29, 1.82) is 0 Å². The number of nitro benzene ring substituents is 1. The molecule has 1 aliphatic heterocycles. The molecule has 0 spiro atoms. The maximum atomic E-state index is 10.8. The molecule has 5 nitrogen and oxygen atoms in total. The Hall–Kier alpha value is -2.11. The molecule has 1 unspecified atom stereocenters. The zero-order chi connectivity index (χ0) is 17.8. The van der Waals surface area contributed by atoms with Gasteiger partial charge >= 0.3 is 0 Å². The molecule has 3 rings (SSSR count). The van der Waals surface area contributed by atoms with Crippen LogP contribution in [-0.2, 0) is 0 Å². The number of rotatable bonds is 5. The Bertz CT molecular complexity index is 731. The largest absolute Gasteiger partial charge is 0.489 e. The van der Waals surface area contributed by atoms with Crippen molar-refractivity contribution in [2.45, 2.75) is 31.9 Å². The van der Waals surface area contributed by atoms with E-state index in [1.807, 2.05) is 6.07 Å². The van der Waals surface area contributed by atoms with E-state index in [2.05, 4.69) is 36.1 Å². The summed E-state index contributed by atoms with van der Waals surface area (Å²) in [4.78, 5) is 12.8. The first-order valence-corrected chi connectivity index (χ1v) is 8.82. The minimum Gasteiger partial charge on any atom is -0.489 e. The van der Waals surface area contributed by atoms with Gasteiger partial charge in [-0.25, -0.2) is 0 Å². The fraction of sp³-hybridized carbons (Fsp3) is 0.368. The molecule has 0 radical (unpaired) electrons. The summed E-state index contributed by atoms with van der Waals surface area (Å²) in [5.74, 6) is 0.516. The molecule has 0 aromatic heterocycles. The lowest BCUT2D eigenvalue weighted by atomic mass is 10.0. The van der Waals surface area contributed by atoms with E-state index in [4.69, 9.17) is 16.3 Å². The van der Waals surface area contributed by atoms with Crippen LogP contribution in [0.2, 0.25) is 5.02 Å². The standard InChI is InChI=1S/C19H21ClN2O3/c1-14(15-5-3-2-4-6-15)21-11-9-17(10-12-21)25-19-8-7-16(22(23)24)13-18(19)20/h2-8,13-14,17H,9-12H2,1H3. The van der Waals surface area contributed by atoms with E-state index in [9.17, 15) is 10.1 Å². The van der Waals surface area contributed by atoms with Crippen molar-refractivity contribution >= 4 is 17.3 Å². The van der Waals surface area contributed by atoms with Gasteiger partial charge in [-0.2, -0.15) is 0 Å². The van der Waals surface area contributed by atoms with Crippen LogP contribution in [0, 0.1) is 10.1 Å². The molecular formula is C19H21ClN2O3. The molecule has 0 bridgehead atoms. The van der Waals surface area contributed by atoms with Gasteiger partial charge in [-0.1, -0.05) is 41.9 Å². The van der Waals surface area contributed by atoms with Gasteiger partial charge < -0.3 is 4.74 Å². The number of nitrogens with zero attached hydrogens (tertiary/aromatic N) is 2. The molecule has 1 fully saturated rings. The molecule has 1 aliphatic rings. The van der Waals surface area contributed by atoms with Crippen molar-refractivity contribution in [3.05, 3.63) is 69.2 Å². The van der Waals surface area contributed by atoms with Crippen molar-refractivity contribution < 1.29 is 9.66 Å². The van der Waals surface area contributed by atoms with Crippen LogP contribution in [0.5, 0.6) is 5.75 Å². The molecule has 2 aromatic rings. The average molecular weight is 361 g/mol. The fourth-order valence-electron chi connectivity index (χ4n) is 3.20. The summed E-state index contributed by atoms with van der Waals surface area (Å²) in [6.07, 6.45) is 1.90. The third-order valence-electron chi connectivity index (χ3n) is 4.73. The first-order chi connectivity index (χ1) is 12.0. The second-order valence-electron chi connectivity index (χ2n) is 6.31. The number of benzene rings is 2. The van der Waals surface area contributed by atoms with Crippen molar-refractivity contribution in [2.24, 2.45) is 0 Å². The summed E-state index contributed by atoms with van der Waals surface area (Å²) in [5.41, 5.74) is 1.30. The highest BCUT2D eigenvalue weighted by Gasteiger charge is 2.25. The van der Waals surface area contributed by atoms with E-state index in [1.165, 1.54) is 17.7 Å². The third kappa shape index (κ3) is 4.30. The van der Waals surface area contributed by atoms with Gasteiger partial charge in [-0.15, -0.1) is 0 Å². The average Bonchev–Trinajstić information content (AvgIpc) is 2.64. The van der Waals surface area contributed by atoms with E-state index in [-0.39, 0.29) is 16.8 Å². The smallest absolute Gasteiger partial charge is 0.271 e. The van der Waals surface area contributed by atoms with E-state index >= 15 is 0 Å². The quantitative estimate of drug-likeness (QED) is 0.564. The highest BCUT2D eigenvalue weighted by atomic mass is 35.5. The lowest BCUT2D eigenvalue weighted by Gasteiger charge is -2.36. The Morgan fingerprint density at radius 3 is 2.48 bits per heavy atom. The number of piperidine rings is 1. The summed E-state index contributed by atoms with van der Waals surface area (Å²) in [6, 6.07) is 15.2. The summed E-state index contributed by atoms with van der Waals surface area (Å²) in [5, 5.41) is 11.1. The minimum absolute atomic E-state index is 0.0242. The van der Waals surface area contributed by atoms with Crippen molar-refractivity contribution in [2.75, 3.05) is 13.1 Å². The van der Waals surface area contributed by atoms with Crippen LogP contribution in [0.3, 0.4) is 0 Å². The second kappa shape index (κ2) is 7.85. The van der Waals surface area contributed by atoms with Gasteiger partial charge in [0.05, 0.1) is 9.95 Å². The lowest BCUT2D eigenvalue weighted by molar-refractivity contribution is -0.384. The van der Waals surface area contributed by atoms with Crippen molar-refractivity contribution in [1.82, 2.24) is 4.90 Å². The lowest BCUT2D eigenvalue weighted by Crippen LogP contribution is -2.39. The summed E-state index contributed by atoms with van der Waals surface area (Å²) in [6.45, 7) is 4.13. The molecule has 2 aromatic carbocycles. The van der Waals surface area contributed by atoms with E-state index in [0.29, 0.717) is 11.8 Å². The third-order valence-corrected chi connectivity index (χ3v) is 5.02. The molecule has 0 amide bonds. The van der Waals surface area contributed by atoms with Crippen molar-refractivity contribution in [3.63, 3.8) is 0 Å². The maximum absolute atomic E-state index is 10.8. The molecule has 6 heteroatoms. The maximum Gasteiger partial charge on any atom is 0.271 e. The van der Waals surface area contributed by atoms with Gasteiger partial charge in [0.2, 0.25) is 0 Å². The van der Waals surface area contributed by atoms with E-state index in [1.54, 1.807) is 6.07 Å². The Balaban J connectivity index is 1.57.